The number of aryl methyl sites for hydroxylation is 3. The molecule has 0 aliphatic heterocycles. The molecular formula is C23H19N. The zero-order valence-corrected chi connectivity index (χ0v) is 14.2. The lowest BCUT2D eigenvalue weighted by Gasteiger charge is -2.12. The van der Waals surface area contributed by atoms with Crippen LogP contribution in [0.25, 0.3) is 38.1 Å². The van der Waals surface area contributed by atoms with Gasteiger partial charge < -0.3 is 4.40 Å². The molecule has 24 heavy (non-hydrogen) atoms. The van der Waals surface area contributed by atoms with Crippen LogP contribution in [-0.2, 0) is 0 Å². The summed E-state index contributed by atoms with van der Waals surface area (Å²) in [5.41, 5.74) is 7.91. The Kier molecular flexibility index (Phi) is 2.62. The van der Waals surface area contributed by atoms with Gasteiger partial charge in [-0.2, -0.15) is 0 Å². The van der Waals surface area contributed by atoms with Gasteiger partial charge in [0.1, 0.15) is 0 Å². The van der Waals surface area contributed by atoms with E-state index in [0.717, 1.165) is 0 Å². The fourth-order valence-electron chi connectivity index (χ4n) is 3.98. The molecule has 116 valence electrons. The topological polar surface area (TPSA) is 4.41 Å². The standard InChI is InChI=1S/C23H19N/c1-14-7-6-10-22-18(14)13-23-20-12-16(3)15(2)11-19(20)17-8-4-5-9-21(17)24(22)23/h4-13H,1-3H3. The summed E-state index contributed by atoms with van der Waals surface area (Å²) in [6, 6.07) is 22.4. The minimum Gasteiger partial charge on any atom is -0.309 e. The highest BCUT2D eigenvalue weighted by molar-refractivity contribution is 6.16. The van der Waals surface area contributed by atoms with E-state index in [1.54, 1.807) is 0 Å². The second-order valence-corrected chi connectivity index (χ2v) is 6.87. The molecule has 1 heteroatoms. The maximum atomic E-state index is 2.43. The predicted molar refractivity (Wildman–Crippen MR) is 104 cm³/mol. The molecule has 0 amide bonds. The van der Waals surface area contributed by atoms with Crippen LogP contribution in [0, 0.1) is 20.8 Å². The molecule has 0 unspecified atom stereocenters. The minimum absolute atomic E-state index is 1.28. The van der Waals surface area contributed by atoms with E-state index < -0.39 is 0 Å². The third kappa shape index (κ3) is 1.64. The molecule has 0 spiro atoms. The van der Waals surface area contributed by atoms with E-state index in [9.17, 15) is 0 Å². The highest BCUT2D eigenvalue weighted by Gasteiger charge is 2.13. The first-order valence-electron chi connectivity index (χ1n) is 8.47. The molecule has 5 rings (SSSR count). The zero-order chi connectivity index (χ0) is 16.4. The van der Waals surface area contributed by atoms with Gasteiger partial charge in [0.25, 0.3) is 0 Å². The van der Waals surface area contributed by atoms with Crippen molar-refractivity contribution in [3.8, 4) is 0 Å². The average molecular weight is 309 g/mol. The minimum atomic E-state index is 1.28. The number of aromatic nitrogens is 1. The molecule has 0 atom stereocenters. The number of hydrogen-bond donors (Lipinski definition) is 0. The number of benzene rings is 3. The summed E-state index contributed by atoms with van der Waals surface area (Å²) in [6.45, 7) is 6.60. The molecule has 5 aromatic rings. The summed E-state index contributed by atoms with van der Waals surface area (Å²) in [4.78, 5) is 0. The van der Waals surface area contributed by atoms with Crippen molar-refractivity contribution in [1.82, 2.24) is 4.40 Å². The highest BCUT2D eigenvalue weighted by Crippen LogP contribution is 2.35. The zero-order valence-electron chi connectivity index (χ0n) is 14.2. The fraction of sp³-hybridized carbons (Fsp3) is 0.130. The van der Waals surface area contributed by atoms with Gasteiger partial charge in [-0.05, 0) is 67.1 Å². The molecule has 0 radical (unpaired) electrons. The van der Waals surface area contributed by atoms with Gasteiger partial charge >= 0.3 is 0 Å². The first kappa shape index (κ1) is 13.6. The average Bonchev–Trinajstić information content (AvgIpc) is 2.98. The van der Waals surface area contributed by atoms with Crippen LogP contribution in [0.4, 0.5) is 0 Å². The first-order chi connectivity index (χ1) is 11.6. The van der Waals surface area contributed by atoms with Crippen LogP contribution in [-0.4, -0.2) is 4.40 Å². The molecule has 2 heterocycles. The maximum absolute atomic E-state index is 2.43. The van der Waals surface area contributed by atoms with Crippen molar-refractivity contribution in [2.24, 2.45) is 0 Å². The Labute approximate surface area is 141 Å². The van der Waals surface area contributed by atoms with Gasteiger partial charge in [0.2, 0.25) is 0 Å². The smallest absolute Gasteiger partial charge is 0.0547 e. The molecular weight excluding hydrogens is 290 g/mol. The molecule has 0 N–H and O–H groups in total. The van der Waals surface area contributed by atoms with Crippen LogP contribution < -0.4 is 0 Å². The first-order valence-corrected chi connectivity index (χ1v) is 8.47. The molecule has 0 bridgehead atoms. The maximum Gasteiger partial charge on any atom is 0.0547 e. The molecule has 0 saturated carbocycles. The Bertz CT molecular complexity index is 1270. The molecule has 0 aliphatic rings. The van der Waals surface area contributed by atoms with Crippen LogP contribution in [0.5, 0.6) is 0 Å². The van der Waals surface area contributed by atoms with Crippen molar-refractivity contribution in [3.63, 3.8) is 0 Å². The summed E-state index contributed by atoms with van der Waals surface area (Å²) in [7, 11) is 0. The third-order valence-corrected chi connectivity index (χ3v) is 5.41. The molecule has 3 aromatic carbocycles. The highest BCUT2D eigenvalue weighted by atomic mass is 14.9. The van der Waals surface area contributed by atoms with Gasteiger partial charge in [-0.3, -0.25) is 0 Å². The van der Waals surface area contributed by atoms with Crippen LogP contribution >= 0.6 is 0 Å². The number of hydrogen-bond acceptors (Lipinski definition) is 0. The van der Waals surface area contributed by atoms with Crippen molar-refractivity contribution >= 4 is 38.1 Å². The number of rotatable bonds is 0. The van der Waals surface area contributed by atoms with E-state index >= 15 is 0 Å². The predicted octanol–water partition coefficient (Wildman–Crippen LogP) is 6.32. The summed E-state index contributed by atoms with van der Waals surface area (Å²) in [6.07, 6.45) is 0. The second-order valence-electron chi connectivity index (χ2n) is 6.87. The van der Waals surface area contributed by atoms with E-state index in [1.165, 1.54) is 54.8 Å². The van der Waals surface area contributed by atoms with Crippen LogP contribution in [0.15, 0.2) is 60.7 Å². The summed E-state index contributed by atoms with van der Waals surface area (Å²) >= 11 is 0. The summed E-state index contributed by atoms with van der Waals surface area (Å²) < 4.78 is 2.43. The SMILES string of the molecule is Cc1cc2c3ccccc3n3c4cccc(C)c4cc3c2cc1C. The quantitative estimate of drug-likeness (QED) is 0.295. The van der Waals surface area contributed by atoms with E-state index in [4.69, 9.17) is 0 Å². The fourth-order valence-corrected chi connectivity index (χ4v) is 3.98. The van der Waals surface area contributed by atoms with Crippen molar-refractivity contribution in [2.45, 2.75) is 20.8 Å². The number of fused-ring (bicyclic) bond motifs is 8. The Hall–Kier alpha value is -2.80. The summed E-state index contributed by atoms with van der Waals surface area (Å²) in [5.74, 6) is 0. The summed E-state index contributed by atoms with van der Waals surface area (Å²) in [5, 5.41) is 5.35. The lowest BCUT2D eigenvalue weighted by Crippen LogP contribution is -1.92. The molecule has 0 saturated heterocycles. The molecule has 0 aliphatic carbocycles. The van der Waals surface area contributed by atoms with Crippen molar-refractivity contribution in [2.75, 3.05) is 0 Å². The number of pyridine rings is 1. The monoisotopic (exact) mass is 309 g/mol. The molecule has 1 nitrogen and oxygen atoms in total. The van der Waals surface area contributed by atoms with E-state index in [1.807, 2.05) is 0 Å². The van der Waals surface area contributed by atoms with E-state index in [0.29, 0.717) is 0 Å². The van der Waals surface area contributed by atoms with Gasteiger partial charge in [0, 0.05) is 16.2 Å². The van der Waals surface area contributed by atoms with Gasteiger partial charge in [0.15, 0.2) is 0 Å². The van der Waals surface area contributed by atoms with Crippen LogP contribution in [0.3, 0.4) is 0 Å². The Morgan fingerprint density at radius 1 is 0.500 bits per heavy atom. The Balaban J connectivity index is 2.21. The molecule has 2 aromatic heterocycles. The largest absolute Gasteiger partial charge is 0.309 e. The Morgan fingerprint density at radius 3 is 2.00 bits per heavy atom. The van der Waals surface area contributed by atoms with Crippen LogP contribution in [0.2, 0.25) is 0 Å². The van der Waals surface area contributed by atoms with Gasteiger partial charge in [-0.1, -0.05) is 36.4 Å². The lowest BCUT2D eigenvalue weighted by atomic mass is 9.99. The molecule has 0 fully saturated rings. The van der Waals surface area contributed by atoms with Crippen molar-refractivity contribution in [1.29, 1.82) is 0 Å². The second kappa shape index (κ2) is 4.61. The van der Waals surface area contributed by atoms with E-state index in [-0.39, 0.29) is 0 Å². The number of para-hydroxylation sites is 1. The van der Waals surface area contributed by atoms with Gasteiger partial charge in [-0.25, -0.2) is 0 Å². The van der Waals surface area contributed by atoms with Gasteiger partial charge in [0.05, 0.1) is 16.6 Å². The Morgan fingerprint density at radius 2 is 1.17 bits per heavy atom. The lowest BCUT2D eigenvalue weighted by molar-refractivity contribution is 1.33. The van der Waals surface area contributed by atoms with E-state index in [2.05, 4.69) is 85.8 Å². The normalized spacial score (nSPS) is 12.0. The van der Waals surface area contributed by atoms with Crippen LogP contribution in [0.1, 0.15) is 16.7 Å². The van der Waals surface area contributed by atoms with Gasteiger partial charge in [-0.15, -0.1) is 0 Å². The number of nitrogens with zero attached hydrogens (tertiary/aromatic N) is 1. The van der Waals surface area contributed by atoms with Crippen molar-refractivity contribution < 1.29 is 0 Å². The van der Waals surface area contributed by atoms with Crippen molar-refractivity contribution in [3.05, 3.63) is 77.4 Å². The third-order valence-electron chi connectivity index (χ3n) is 5.41.